The van der Waals surface area contributed by atoms with Crippen LogP contribution < -0.4 is 16.5 Å². The Hall–Kier alpha value is -2.66. The van der Waals surface area contributed by atoms with Crippen molar-refractivity contribution >= 4 is 35.8 Å². The van der Waals surface area contributed by atoms with E-state index in [0.717, 1.165) is 23.7 Å². The van der Waals surface area contributed by atoms with Crippen molar-refractivity contribution in [2.24, 2.45) is 0 Å². The molecule has 0 atom stereocenters. The van der Waals surface area contributed by atoms with Gasteiger partial charge < -0.3 is 16.5 Å². The first-order valence-corrected chi connectivity index (χ1v) is 8.50. The number of nitrogens with one attached hydrogen (secondary N) is 3. The number of nitrogen functional groups attached to an aromatic ring is 2. The van der Waals surface area contributed by atoms with E-state index in [4.69, 9.17) is 36.0 Å². The lowest BCUT2D eigenvalue weighted by molar-refractivity contribution is 0.716. The molecule has 11 heteroatoms. The van der Waals surface area contributed by atoms with Crippen LogP contribution in [0.4, 0.5) is 11.4 Å². The SMILES string of the molecule is Nc1ccc(N(CCc2nc(=S)[nH][nH]2)CCc2n[nH]c(=S)n2N)cc1. The van der Waals surface area contributed by atoms with Crippen LogP contribution in [0.1, 0.15) is 11.6 Å². The highest BCUT2D eigenvalue weighted by molar-refractivity contribution is 7.71. The first-order chi connectivity index (χ1) is 12.0. The summed E-state index contributed by atoms with van der Waals surface area (Å²) >= 11 is 10.0. The normalized spacial score (nSPS) is 10.9. The van der Waals surface area contributed by atoms with Gasteiger partial charge in [0.1, 0.15) is 5.82 Å². The number of benzene rings is 1. The van der Waals surface area contributed by atoms with Crippen LogP contribution in [-0.4, -0.2) is 43.1 Å². The molecule has 0 bridgehead atoms. The lowest BCUT2D eigenvalue weighted by atomic mass is 10.2. The van der Waals surface area contributed by atoms with Crippen molar-refractivity contribution in [1.29, 1.82) is 0 Å². The summed E-state index contributed by atoms with van der Waals surface area (Å²) in [7, 11) is 0. The van der Waals surface area contributed by atoms with Crippen LogP contribution in [0.15, 0.2) is 24.3 Å². The molecule has 0 aliphatic rings. The topological polar surface area (TPSA) is 133 Å². The Morgan fingerprint density at radius 3 is 2.40 bits per heavy atom. The fraction of sp³-hybridized carbons (Fsp3) is 0.286. The van der Waals surface area contributed by atoms with E-state index in [1.807, 2.05) is 24.3 Å². The maximum Gasteiger partial charge on any atom is 0.214 e. The van der Waals surface area contributed by atoms with Crippen LogP contribution >= 0.6 is 24.4 Å². The molecular weight excluding hydrogens is 358 g/mol. The first kappa shape index (κ1) is 17.2. The van der Waals surface area contributed by atoms with E-state index < -0.39 is 0 Å². The molecule has 3 aromatic rings. The highest BCUT2D eigenvalue weighted by Gasteiger charge is 2.11. The van der Waals surface area contributed by atoms with Gasteiger partial charge in [0.15, 0.2) is 5.82 Å². The second-order valence-electron chi connectivity index (χ2n) is 5.51. The molecule has 0 radical (unpaired) electrons. The number of hydrogen-bond acceptors (Lipinski definition) is 7. The molecule has 0 saturated heterocycles. The molecule has 0 aliphatic heterocycles. The molecule has 9 nitrogen and oxygen atoms in total. The summed E-state index contributed by atoms with van der Waals surface area (Å²) in [4.78, 5) is 6.44. The van der Waals surface area contributed by atoms with Crippen LogP contribution in [0.3, 0.4) is 0 Å². The maximum absolute atomic E-state index is 5.87. The van der Waals surface area contributed by atoms with Crippen molar-refractivity contribution in [3.8, 4) is 0 Å². The molecule has 7 N–H and O–H groups in total. The summed E-state index contributed by atoms with van der Waals surface area (Å²) in [5, 5.41) is 12.6. The molecule has 0 amide bonds. The Bertz CT molecular complexity index is 934. The third-order valence-electron chi connectivity index (χ3n) is 3.81. The minimum Gasteiger partial charge on any atom is -0.399 e. The number of hydrogen-bond donors (Lipinski definition) is 5. The van der Waals surface area contributed by atoms with Gasteiger partial charge in [-0.1, -0.05) is 0 Å². The average Bonchev–Trinajstić information content (AvgIpc) is 3.16. The summed E-state index contributed by atoms with van der Waals surface area (Å²) in [6.07, 6.45) is 1.36. The maximum atomic E-state index is 5.87. The predicted octanol–water partition coefficient (Wildman–Crippen LogP) is 1.31. The Morgan fingerprint density at radius 2 is 1.80 bits per heavy atom. The van der Waals surface area contributed by atoms with Crippen LogP contribution in [0, 0.1) is 9.54 Å². The number of nitrogens with zero attached hydrogens (tertiary/aromatic N) is 4. The molecule has 2 heterocycles. The Morgan fingerprint density at radius 1 is 1.08 bits per heavy atom. The van der Waals surface area contributed by atoms with Crippen molar-refractivity contribution in [3.05, 3.63) is 45.5 Å². The van der Waals surface area contributed by atoms with Gasteiger partial charge in [0, 0.05) is 37.3 Å². The molecule has 0 unspecified atom stereocenters. The number of nitrogens with two attached hydrogens (primary N) is 2. The fourth-order valence-corrected chi connectivity index (χ4v) is 2.78. The summed E-state index contributed by atoms with van der Waals surface area (Å²) in [5.74, 6) is 7.38. The van der Waals surface area contributed by atoms with Crippen molar-refractivity contribution in [1.82, 2.24) is 30.1 Å². The molecule has 0 aliphatic carbocycles. The summed E-state index contributed by atoms with van der Waals surface area (Å²) in [5.41, 5.74) is 7.57. The molecule has 25 heavy (non-hydrogen) atoms. The minimum atomic E-state index is 0.401. The molecule has 2 aromatic heterocycles. The van der Waals surface area contributed by atoms with E-state index in [2.05, 4.69) is 30.3 Å². The quantitative estimate of drug-likeness (QED) is 0.238. The van der Waals surface area contributed by atoms with Gasteiger partial charge in [-0.25, -0.2) is 9.66 Å². The summed E-state index contributed by atoms with van der Waals surface area (Å²) in [6.45, 7) is 1.46. The molecule has 0 fully saturated rings. The van der Waals surface area contributed by atoms with Gasteiger partial charge in [-0.05, 0) is 48.7 Å². The smallest absolute Gasteiger partial charge is 0.214 e. The van der Waals surface area contributed by atoms with E-state index in [-0.39, 0.29) is 0 Å². The Labute approximate surface area is 154 Å². The molecular formula is C14H19N9S2. The highest BCUT2D eigenvalue weighted by Crippen LogP contribution is 2.17. The largest absolute Gasteiger partial charge is 0.399 e. The molecule has 1 aromatic carbocycles. The van der Waals surface area contributed by atoms with Gasteiger partial charge in [-0.2, -0.15) is 5.10 Å². The second kappa shape index (κ2) is 7.49. The van der Waals surface area contributed by atoms with Gasteiger partial charge in [-0.3, -0.25) is 15.3 Å². The van der Waals surface area contributed by atoms with Gasteiger partial charge in [0.25, 0.3) is 0 Å². The van der Waals surface area contributed by atoms with Crippen molar-refractivity contribution in [2.75, 3.05) is 29.6 Å². The van der Waals surface area contributed by atoms with E-state index in [1.165, 1.54) is 4.68 Å². The zero-order valence-electron chi connectivity index (χ0n) is 13.4. The predicted molar refractivity (Wildman–Crippen MR) is 102 cm³/mol. The number of aromatic amines is 3. The molecule has 3 rings (SSSR count). The van der Waals surface area contributed by atoms with Gasteiger partial charge >= 0.3 is 0 Å². The zero-order chi connectivity index (χ0) is 17.8. The van der Waals surface area contributed by atoms with Crippen LogP contribution in [-0.2, 0) is 12.8 Å². The lowest BCUT2D eigenvalue weighted by Crippen LogP contribution is -2.29. The lowest BCUT2D eigenvalue weighted by Gasteiger charge is -2.24. The van der Waals surface area contributed by atoms with Gasteiger partial charge in [0.2, 0.25) is 9.54 Å². The van der Waals surface area contributed by atoms with E-state index in [0.29, 0.717) is 34.8 Å². The summed E-state index contributed by atoms with van der Waals surface area (Å²) in [6, 6.07) is 7.73. The van der Waals surface area contributed by atoms with Gasteiger partial charge in [-0.15, -0.1) is 0 Å². The third kappa shape index (κ3) is 4.25. The van der Waals surface area contributed by atoms with E-state index in [1.54, 1.807) is 0 Å². The Balaban J connectivity index is 1.73. The van der Waals surface area contributed by atoms with E-state index >= 15 is 0 Å². The Kier molecular flexibility index (Phi) is 5.14. The molecule has 132 valence electrons. The van der Waals surface area contributed by atoms with Crippen LogP contribution in [0.25, 0.3) is 0 Å². The molecule has 0 spiro atoms. The first-order valence-electron chi connectivity index (χ1n) is 7.68. The minimum absolute atomic E-state index is 0.401. The van der Waals surface area contributed by atoms with E-state index in [9.17, 15) is 0 Å². The number of aromatic nitrogens is 6. The number of anilines is 2. The fourth-order valence-electron chi connectivity index (χ4n) is 2.47. The van der Waals surface area contributed by atoms with Crippen molar-refractivity contribution in [3.63, 3.8) is 0 Å². The third-order valence-corrected chi connectivity index (χ3v) is 4.29. The monoisotopic (exact) mass is 377 g/mol. The molecule has 0 saturated carbocycles. The second-order valence-corrected chi connectivity index (χ2v) is 6.28. The highest BCUT2D eigenvalue weighted by atomic mass is 32.1. The number of H-pyrrole nitrogens is 3. The zero-order valence-corrected chi connectivity index (χ0v) is 15.0. The van der Waals surface area contributed by atoms with Crippen LogP contribution in [0.2, 0.25) is 0 Å². The van der Waals surface area contributed by atoms with Crippen LogP contribution in [0.5, 0.6) is 0 Å². The summed E-state index contributed by atoms with van der Waals surface area (Å²) < 4.78 is 2.24. The van der Waals surface area contributed by atoms with Crippen molar-refractivity contribution in [2.45, 2.75) is 12.8 Å². The average molecular weight is 378 g/mol. The van der Waals surface area contributed by atoms with Crippen molar-refractivity contribution < 1.29 is 0 Å². The standard InChI is InChI=1S/C14H19N9S2/c15-9-1-3-10(4-2-9)22(7-5-11-17-13(24)20-18-11)8-6-12-19-21-14(25)23(12)16/h1-4H,5-8,15-16H2,(H,21,25)(H2,17,18,20,24). The number of rotatable bonds is 7. The van der Waals surface area contributed by atoms with Gasteiger partial charge in [0.05, 0.1) is 0 Å².